The largest absolute Gasteiger partial charge is 0.377 e. The van der Waals surface area contributed by atoms with E-state index < -0.39 is 0 Å². The van der Waals surface area contributed by atoms with Crippen LogP contribution in [0, 0.1) is 11.2 Å². The van der Waals surface area contributed by atoms with E-state index >= 15 is 0 Å². The summed E-state index contributed by atoms with van der Waals surface area (Å²) in [5.74, 6) is -0.0159. The summed E-state index contributed by atoms with van der Waals surface area (Å²) in [4.78, 5) is 20.7. The highest BCUT2D eigenvalue weighted by Gasteiger charge is 2.36. The molecule has 2 aromatic carbocycles. The van der Waals surface area contributed by atoms with Crippen LogP contribution in [0.1, 0.15) is 41.2 Å². The van der Waals surface area contributed by atoms with Crippen molar-refractivity contribution in [2.45, 2.75) is 39.2 Å². The summed E-state index contributed by atoms with van der Waals surface area (Å²) in [6.45, 7) is 6.31. The standard InChI is InChI=1S/C26H27FN2O2S/c1-26(2)14-22-24(23(30)15-26)32-25(28-22)29-9-10-31-16-21(29)12-17-5-3-6-18(11-17)19-7-4-8-20(27)13-19/h3-8,11,13,21H,9-10,12,14-16H2,1-2H3/t21-/m0/s1. The summed E-state index contributed by atoms with van der Waals surface area (Å²) in [5.41, 5.74) is 3.97. The van der Waals surface area contributed by atoms with Crippen LogP contribution in [0.5, 0.6) is 0 Å². The molecule has 1 atom stereocenters. The van der Waals surface area contributed by atoms with Crippen LogP contribution in [0.4, 0.5) is 9.52 Å². The molecule has 1 fully saturated rings. The van der Waals surface area contributed by atoms with Crippen molar-refractivity contribution in [2.75, 3.05) is 24.7 Å². The Labute approximate surface area is 192 Å². The quantitative estimate of drug-likeness (QED) is 0.523. The topological polar surface area (TPSA) is 42.4 Å². The highest BCUT2D eigenvalue weighted by Crippen LogP contribution is 2.40. The molecule has 1 saturated heterocycles. The van der Waals surface area contributed by atoms with Crippen LogP contribution in [-0.2, 0) is 17.6 Å². The van der Waals surface area contributed by atoms with Gasteiger partial charge in [-0.25, -0.2) is 9.37 Å². The number of halogens is 1. The minimum absolute atomic E-state index is 0.0306. The molecule has 0 unspecified atom stereocenters. The number of ether oxygens (including phenoxy) is 1. The summed E-state index contributed by atoms with van der Waals surface area (Å²) < 4.78 is 19.5. The third kappa shape index (κ3) is 4.34. The van der Waals surface area contributed by atoms with Crippen molar-refractivity contribution in [2.24, 2.45) is 5.41 Å². The van der Waals surface area contributed by atoms with Gasteiger partial charge >= 0.3 is 0 Å². The molecule has 0 bridgehead atoms. The summed E-state index contributed by atoms with van der Waals surface area (Å²) in [5, 5.41) is 0.927. The Balaban J connectivity index is 1.40. The van der Waals surface area contributed by atoms with Crippen LogP contribution in [0.15, 0.2) is 48.5 Å². The molecule has 1 aromatic heterocycles. The van der Waals surface area contributed by atoms with Crippen molar-refractivity contribution in [3.8, 4) is 11.1 Å². The van der Waals surface area contributed by atoms with Crippen molar-refractivity contribution < 1.29 is 13.9 Å². The van der Waals surface area contributed by atoms with Gasteiger partial charge in [-0.1, -0.05) is 61.6 Å². The molecule has 0 radical (unpaired) electrons. The Hall–Kier alpha value is -2.57. The first-order valence-electron chi connectivity index (χ1n) is 11.1. The molecule has 5 rings (SSSR count). The maximum Gasteiger partial charge on any atom is 0.186 e. The smallest absolute Gasteiger partial charge is 0.186 e. The number of carbonyl (C=O) groups excluding carboxylic acids is 1. The Morgan fingerprint density at radius 1 is 1.16 bits per heavy atom. The van der Waals surface area contributed by atoms with E-state index in [-0.39, 0.29) is 23.1 Å². The highest BCUT2D eigenvalue weighted by molar-refractivity contribution is 7.17. The molecule has 1 aliphatic carbocycles. The number of benzene rings is 2. The zero-order valence-electron chi connectivity index (χ0n) is 18.4. The van der Waals surface area contributed by atoms with E-state index in [1.807, 2.05) is 18.2 Å². The molecular weight excluding hydrogens is 423 g/mol. The lowest BCUT2D eigenvalue weighted by molar-refractivity contribution is 0.0915. The number of hydrogen-bond donors (Lipinski definition) is 0. The first-order valence-corrected chi connectivity index (χ1v) is 11.9. The Morgan fingerprint density at radius 3 is 2.75 bits per heavy atom. The van der Waals surface area contributed by atoms with E-state index in [1.54, 1.807) is 12.1 Å². The number of ketones is 1. The zero-order valence-corrected chi connectivity index (χ0v) is 19.3. The van der Waals surface area contributed by atoms with E-state index in [0.29, 0.717) is 19.6 Å². The Morgan fingerprint density at radius 2 is 1.94 bits per heavy atom. The fourth-order valence-electron chi connectivity index (χ4n) is 4.72. The molecule has 0 N–H and O–H groups in total. The van der Waals surface area contributed by atoms with Gasteiger partial charge in [0.15, 0.2) is 10.9 Å². The number of thiazole rings is 1. The van der Waals surface area contributed by atoms with Gasteiger partial charge in [-0.05, 0) is 47.1 Å². The molecule has 2 aliphatic rings. The average molecular weight is 451 g/mol. The number of anilines is 1. The van der Waals surface area contributed by atoms with Gasteiger partial charge in [-0.3, -0.25) is 4.79 Å². The van der Waals surface area contributed by atoms with Gasteiger partial charge in [0.05, 0.1) is 29.8 Å². The molecule has 0 spiro atoms. The third-order valence-electron chi connectivity index (χ3n) is 6.25. The first kappa shape index (κ1) is 21.3. The molecule has 2 heterocycles. The molecule has 3 aromatic rings. The summed E-state index contributed by atoms with van der Waals surface area (Å²) in [6.07, 6.45) is 2.23. The maximum absolute atomic E-state index is 13.7. The molecule has 6 heteroatoms. The van der Waals surface area contributed by atoms with Gasteiger partial charge in [0.2, 0.25) is 0 Å². The fourth-order valence-corrected chi connectivity index (χ4v) is 5.84. The lowest BCUT2D eigenvalue weighted by atomic mass is 9.78. The van der Waals surface area contributed by atoms with E-state index in [0.717, 1.165) is 46.2 Å². The van der Waals surface area contributed by atoms with Crippen molar-refractivity contribution in [3.05, 3.63) is 70.5 Å². The van der Waals surface area contributed by atoms with Crippen LogP contribution < -0.4 is 4.90 Å². The number of nitrogens with zero attached hydrogens (tertiary/aromatic N) is 2. The van der Waals surface area contributed by atoms with Gasteiger partial charge in [0.1, 0.15) is 5.82 Å². The van der Waals surface area contributed by atoms with Crippen LogP contribution in [-0.4, -0.2) is 36.6 Å². The minimum atomic E-state index is -0.231. The first-order chi connectivity index (χ1) is 15.4. The normalized spacial score (nSPS) is 20.3. The third-order valence-corrected chi connectivity index (χ3v) is 7.43. The number of Topliss-reactive ketones (excluding diaryl/α,β-unsaturated/α-hetero) is 1. The van der Waals surface area contributed by atoms with Crippen LogP contribution >= 0.6 is 11.3 Å². The molecule has 166 valence electrons. The highest BCUT2D eigenvalue weighted by atomic mass is 32.1. The second-order valence-corrected chi connectivity index (χ2v) is 10.5. The van der Waals surface area contributed by atoms with E-state index in [1.165, 1.54) is 23.0 Å². The van der Waals surface area contributed by atoms with E-state index in [2.05, 4.69) is 30.9 Å². The molecule has 0 amide bonds. The number of morpholine rings is 1. The van der Waals surface area contributed by atoms with Crippen LogP contribution in [0.3, 0.4) is 0 Å². The molecule has 32 heavy (non-hydrogen) atoms. The van der Waals surface area contributed by atoms with Gasteiger partial charge in [-0.15, -0.1) is 0 Å². The predicted molar refractivity (Wildman–Crippen MR) is 126 cm³/mol. The molecule has 0 saturated carbocycles. The second kappa shape index (κ2) is 8.41. The molecular formula is C26H27FN2O2S. The monoisotopic (exact) mass is 450 g/mol. The molecule has 4 nitrogen and oxygen atoms in total. The second-order valence-electron chi connectivity index (χ2n) is 9.55. The fraction of sp³-hybridized carbons (Fsp3) is 0.385. The van der Waals surface area contributed by atoms with Crippen molar-refractivity contribution in [1.29, 1.82) is 0 Å². The van der Waals surface area contributed by atoms with Crippen LogP contribution in [0.2, 0.25) is 0 Å². The summed E-state index contributed by atoms with van der Waals surface area (Å²) >= 11 is 1.53. The zero-order chi connectivity index (χ0) is 22.3. The van der Waals surface area contributed by atoms with E-state index in [4.69, 9.17) is 9.72 Å². The average Bonchev–Trinajstić information content (AvgIpc) is 3.17. The van der Waals surface area contributed by atoms with Crippen molar-refractivity contribution in [3.63, 3.8) is 0 Å². The van der Waals surface area contributed by atoms with Gasteiger partial charge in [0, 0.05) is 13.0 Å². The van der Waals surface area contributed by atoms with Crippen molar-refractivity contribution >= 4 is 22.3 Å². The van der Waals surface area contributed by atoms with Gasteiger partial charge in [0.25, 0.3) is 0 Å². The van der Waals surface area contributed by atoms with E-state index in [9.17, 15) is 9.18 Å². The SMILES string of the molecule is CC1(C)CC(=O)c2sc(N3CCOC[C@@H]3Cc3cccc(-c4cccc(F)c4)c3)nc2C1. The number of fused-ring (bicyclic) bond motifs is 1. The summed E-state index contributed by atoms with van der Waals surface area (Å²) in [7, 11) is 0. The van der Waals surface area contributed by atoms with Gasteiger partial charge < -0.3 is 9.64 Å². The Kier molecular flexibility index (Phi) is 5.59. The van der Waals surface area contributed by atoms with Gasteiger partial charge in [-0.2, -0.15) is 0 Å². The predicted octanol–water partition coefficient (Wildman–Crippen LogP) is 5.55. The van der Waals surface area contributed by atoms with Crippen molar-refractivity contribution in [1.82, 2.24) is 4.98 Å². The minimum Gasteiger partial charge on any atom is -0.377 e. The van der Waals surface area contributed by atoms with Crippen LogP contribution in [0.25, 0.3) is 11.1 Å². The summed E-state index contributed by atoms with van der Waals surface area (Å²) in [6, 6.07) is 15.1. The number of aromatic nitrogens is 1. The molecule has 1 aliphatic heterocycles. The number of carbonyl (C=O) groups is 1. The lowest BCUT2D eigenvalue weighted by Gasteiger charge is -2.35. The number of rotatable bonds is 4. The number of hydrogen-bond acceptors (Lipinski definition) is 5. The Bertz CT molecular complexity index is 1160. The lowest BCUT2D eigenvalue weighted by Crippen LogP contribution is -2.46. The maximum atomic E-state index is 13.7.